The van der Waals surface area contributed by atoms with Gasteiger partial charge in [0.05, 0.1) is 17.9 Å². The maximum Gasteiger partial charge on any atom is 0.250 e. The van der Waals surface area contributed by atoms with Gasteiger partial charge in [0, 0.05) is 5.69 Å². The molecule has 2 aromatic rings. The molecule has 0 spiro atoms. The Bertz CT molecular complexity index is 590. The van der Waals surface area contributed by atoms with Crippen molar-refractivity contribution >= 4 is 23.0 Å². The topological polar surface area (TPSA) is 32.3 Å². The highest BCUT2D eigenvalue weighted by molar-refractivity contribution is 6.08. The van der Waals surface area contributed by atoms with E-state index in [0.717, 1.165) is 17.1 Å². The molecule has 0 saturated carbocycles. The van der Waals surface area contributed by atoms with Crippen LogP contribution in [0.1, 0.15) is 5.56 Å². The smallest absolute Gasteiger partial charge is 0.250 e. The molecule has 0 unspecified atom stereocenters. The Morgan fingerprint density at radius 2 is 1.78 bits per heavy atom. The Morgan fingerprint density at radius 3 is 2.56 bits per heavy atom. The van der Waals surface area contributed by atoms with Crippen molar-refractivity contribution in [2.24, 2.45) is 0 Å². The lowest BCUT2D eigenvalue weighted by Crippen LogP contribution is -2.36. The summed E-state index contributed by atoms with van der Waals surface area (Å²) in [6, 6.07) is 15.9. The van der Waals surface area contributed by atoms with Crippen molar-refractivity contribution in [1.82, 2.24) is 0 Å². The SMILES string of the molecule is Cc1ccc(N2C(=O)CNc3ccccc32)cc1. The van der Waals surface area contributed by atoms with Gasteiger partial charge in [-0.15, -0.1) is 0 Å². The van der Waals surface area contributed by atoms with E-state index in [1.807, 2.05) is 55.5 Å². The summed E-state index contributed by atoms with van der Waals surface area (Å²) in [5.74, 6) is 0.0672. The van der Waals surface area contributed by atoms with Crippen molar-refractivity contribution in [3.63, 3.8) is 0 Å². The average Bonchev–Trinajstić information content (AvgIpc) is 2.40. The Balaban J connectivity index is 2.10. The third kappa shape index (κ3) is 1.74. The molecule has 3 heteroatoms. The first-order valence-electron chi connectivity index (χ1n) is 5.98. The second kappa shape index (κ2) is 4.18. The lowest BCUT2D eigenvalue weighted by atomic mass is 10.1. The maximum atomic E-state index is 12.1. The number of amides is 1. The van der Waals surface area contributed by atoms with Crippen molar-refractivity contribution in [1.29, 1.82) is 0 Å². The predicted molar refractivity (Wildman–Crippen MR) is 73.3 cm³/mol. The number of benzene rings is 2. The van der Waals surface area contributed by atoms with Crippen LogP contribution < -0.4 is 10.2 Å². The van der Waals surface area contributed by atoms with Gasteiger partial charge >= 0.3 is 0 Å². The number of nitrogens with zero attached hydrogens (tertiary/aromatic N) is 1. The number of para-hydroxylation sites is 2. The molecular weight excluding hydrogens is 224 g/mol. The average molecular weight is 238 g/mol. The number of hydrogen-bond donors (Lipinski definition) is 1. The molecule has 3 rings (SSSR count). The minimum absolute atomic E-state index is 0.0672. The number of anilines is 3. The van der Waals surface area contributed by atoms with Crippen molar-refractivity contribution < 1.29 is 4.79 Å². The molecule has 0 radical (unpaired) electrons. The quantitative estimate of drug-likeness (QED) is 0.828. The van der Waals surface area contributed by atoms with Crippen LogP contribution in [-0.2, 0) is 4.79 Å². The summed E-state index contributed by atoms with van der Waals surface area (Å²) < 4.78 is 0. The highest BCUT2D eigenvalue weighted by Crippen LogP contribution is 2.34. The van der Waals surface area contributed by atoms with Gasteiger partial charge in [-0.2, -0.15) is 0 Å². The fraction of sp³-hybridized carbons (Fsp3) is 0.133. The molecule has 1 aliphatic rings. The highest BCUT2D eigenvalue weighted by Gasteiger charge is 2.24. The minimum atomic E-state index is 0.0672. The van der Waals surface area contributed by atoms with E-state index in [2.05, 4.69) is 5.32 Å². The van der Waals surface area contributed by atoms with Crippen molar-refractivity contribution in [2.75, 3.05) is 16.8 Å². The molecule has 0 aromatic heterocycles. The number of carbonyl (C=O) groups excluding carboxylic acids is 1. The molecule has 2 aromatic carbocycles. The van der Waals surface area contributed by atoms with Gasteiger partial charge in [-0.25, -0.2) is 0 Å². The normalized spacial score (nSPS) is 14.1. The van der Waals surface area contributed by atoms with E-state index in [-0.39, 0.29) is 5.91 Å². The first-order chi connectivity index (χ1) is 8.75. The molecule has 0 aliphatic carbocycles. The van der Waals surface area contributed by atoms with Gasteiger partial charge in [-0.3, -0.25) is 9.69 Å². The predicted octanol–water partition coefficient (Wildman–Crippen LogP) is 3.09. The number of nitrogens with one attached hydrogen (secondary N) is 1. The Hall–Kier alpha value is -2.29. The zero-order valence-corrected chi connectivity index (χ0v) is 10.2. The minimum Gasteiger partial charge on any atom is -0.374 e. The van der Waals surface area contributed by atoms with E-state index in [9.17, 15) is 4.79 Å². The lowest BCUT2D eigenvalue weighted by molar-refractivity contribution is -0.116. The molecule has 1 N–H and O–H groups in total. The zero-order valence-electron chi connectivity index (χ0n) is 10.2. The van der Waals surface area contributed by atoms with Crippen LogP contribution in [0.25, 0.3) is 0 Å². The van der Waals surface area contributed by atoms with Gasteiger partial charge in [-0.05, 0) is 31.2 Å². The molecule has 1 aliphatic heterocycles. The van der Waals surface area contributed by atoms with Crippen LogP contribution >= 0.6 is 0 Å². The molecule has 1 heterocycles. The van der Waals surface area contributed by atoms with Crippen LogP contribution in [0.15, 0.2) is 48.5 Å². The lowest BCUT2D eigenvalue weighted by Gasteiger charge is -2.30. The summed E-state index contributed by atoms with van der Waals surface area (Å²) in [5.41, 5.74) is 4.02. The number of carbonyl (C=O) groups is 1. The molecule has 90 valence electrons. The Labute approximate surface area is 106 Å². The summed E-state index contributed by atoms with van der Waals surface area (Å²) in [7, 11) is 0. The highest BCUT2D eigenvalue weighted by atomic mass is 16.2. The van der Waals surface area contributed by atoms with Gasteiger partial charge in [-0.1, -0.05) is 29.8 Å². The second-order valence-electron chi connectivity index (χ2n) is 4.44. The van der Waals surface area contributed by atoms with Gasteiger partial charge < -0.3 is 5.32 Å². The maximum absolute atomic E-state index is 12.1. The van der Waals surface area contributed by atoms with Crippen molar-refractivity contribution in [2.45, 2.75) is 6.92 Å². The van der Waals surface area contributed by atoms with E-state index in [0.29, 0.717) is 6.54 Å². The number of hydrogen-bond acceptors (Lipinski definition) is 2. The first-order valence-corrected chi connectivity index (χ1v) is 5.98. The molecule has 0 saturated heterocycles. The van der Waals surface area contributed by atoms with E-state index in [4.69, 9.17) is 0 Å². The Kier molecular flexibility index (Phi) is 2.52. The molecular formula is C15H14N2O. The van der Waals surface area contributed by atoms with E-state index < -0.39 is 0 Å². The largest absolute Gasteiger partial charge is 0.374 e. The van der Waals surface area contributed by atoms with Crippen LogP contribution in [0.5, 0.6) is 0 Å². The van der Waals surface area contributed by atoms with Crippen molar-refractivity contribution in [3.8, 4) is 0 Å². The van der Waals surface area contributed by atoms with Crippen molar-refractivity contribution in [3.05, 3.63) is 54.1 Å². The van der Waals surface area contributed by atoms with E-state index >= 15 is 0 Å². The molecule has 1 amide bonds. The van der Waals surface area contributed by atoms with Crippen LogP contribution in [0, 0.1) is 6.92 Å². The molecule has 18 heavy (non-hydrogen) atoms. The fourth-order valence-electron chi connectivity index (χ4n) is 2.18. The van der Waals surface area contributed by atoms with Gasteiger partial charge in [0.25, 0.3) is 5.91 Å². The first kappa shape index (κ1) is 10.8. The van der Waals surface area contributed by atoms with Gasteiger partial charge in [0.2, 0.25) is 0 Å². The second-order valence-corrected chi connectivity index (χ2v) is 4.44. The fourth-order valence-corrected chi connectivity index (χ4v) is 2.18. The van der Waals surface area contributed by atoms with E-state index in [1.165, 1.54) is 5.56 Å². The Morgan fingerprint density at radius 1 is 1.06 bits per heavy atom. The number of rotatable bonds is 1. The summed E-state index contributed by atoms with van der Waals surface area (Å²) in [4.78, 5) is 13.9. The third-order valence-corrected chi connectivity index (χ3v) is 3.12. The molecule has 0 atom stereocenters. The van der Waals surface area contributed by atoms with E-state index in [1.54, 1.807) is 4.90 Å². The van der Waals surface area contributed by atoms with Crippen LogP contribution in [0.2, 0.25) is 0 Å². The summed E-state index contributed by atoms with van der Waals surface area (Å²) in [5, 5.41) is 3.13. The van der Waals surface area contributed by atoms with Gasteiger partial charge in [0.1, 0.15) is 0 Å². The molecule has 0 fully saturated rings. The number of fused-ring (bicyclic) bond motifs is 1. The summed E-state index contributed by atoms with van der Waals surface area (Å²) in [6.07, 6.45) is 0. The summed E-state index contributed by atoms with van der Waals surface area (Å²) >= 11 is 0. The standard InChI is InChI=1S/C15H14N2O/c1-11-6-8-12(9-7-11)17-14-5-3-2-4-13(14)16-10-15(17)18/h2-9,16H,10H2,1H3. The monoisotopic (exact) mass is 238 g/mol. The zero-order chi connectivity index (χ0) is 12.5. The van der Waals surface area contributed by atoms with Crippen LogP contribution in [0.4, 0.5) is 17.1 Å². The molecule has 3 nitrogen and oxygen atoms in total. The molecule has 0 bridgehead atoms. The van der Waals surface area contributed by atoms with Gasteiger partial charge in [0.15, 0.2) is 0 Å². The van der Waals surface area contributed by atoms with Crippen LogP contribution in [0.3, 0.4) is 0 Å². The van der Waals surface area contributed by atoms with Crippen LogP contribution in [-0.4, -0.2) is 12.5 Å². The third-order valence-electron chi connectivity index (χ3n) is 3.12. The summed E-state index contributed by atoms with van der Waals surface area (Å²) in [6.45, 7) is 2.38. The number of aryl methyl sites for hydroxylation is 1.